The van der Waals surface area contributed by atoms with Gasteiger partial charge in [0.2, 0.25) is 5.91 Å². The van der Waals surface area contributed by atoms with Crippen molar-refractivity contribution in [2.75, 3.05) is 6.54 Å². The molecule has 1 fully saturated rings. The van der Waals surface area contributed by atoms with Gasteiger partial charge in [0.05, 0.1) is 0 Å². The zero-order chi connectivity index (χ0) is 12.9. The van der Waals surface area contributed by atoms with Gasteiger partial charge in [0.15, 0.2) is 0 Å². The molecule has 0 bridgehead atoms. The highest BCUT2D eigenvalue weighted by Gasteiger charge is 2.37. The van der Waals surface area contributed by atoms with Crippen LogP contribution < -0.4 is 11.1 Å². The first-order chi connectivity index (χ1) is 8.01. The molecule has 0 aliphatic heterocycles. The molecule has 3 N–H and O–H groups in total. The monoisotopic (exact) mass is 240 g/mol. The van der Waals surface area contributed by atoms with E-state index in [4.69, 9.17) is 5.73 Å². The maximum Gasteiger partial charge on any atom is 0.220 e. The molecule has 0 aromatic rings. The standard InChI is InChI=1S/C14H28N2O/c1-4-11(2)8-12(3)16-13(17)9-14(10-15)6-5-7-14/h11-12H,4-10,15H2,1-3H3,(H,16,17). The quantitative estimate of drug-likeness (QED) is 0.718. The fourth-order valence-electron chi connectivity index (χ4n) is 2.63. The SMILES string of the molecule is CCC(C)CC(C)NC(=O)CC1(CN)CCC1. The topological polar surface area (TPSA) is 55.1 Å². The number of nitrogens with one attached hydrogen (secondary N) is 1. The molecule has 1 rings (SSSR count). The minimum Gasteiger partial charge on any atom is -0.354 e. The molecule has 3 nitrogen and oxygen atoms in total. The zero-order valence-corrected chi connectivity index (χ0v) is 11.6. The number of hydrogen-bond donors (Lipinski definition) is 2. The fraction of sp³-hybridized carbons (Fsp3) is 0.929. The first-order valence-corrected chi connectivity index (χ1v) is 7.01. The molecule has 17 heavy (non-hydrogen) atoms. The van der Waals surface area contributed by atoms with Crippen molar-refractivity contribution in [3.05, 3.63) is 0 Å². The molecule has 3 heteroatoms. The first-order valence-electron chi connectivity index (χ1n) is 7.01. The number of carbonyl (C=O) groups excluding carboxylic acids is 1. The molecule has 1 aliphatic rings. The van der Waals surface area contributed by atoms with Gasteiger partial charge in [-0.05, 0) is 44.1 Å². The number of nitrogens with two attached hydrogens (primary N) is 1. The Morgan fingerprint density at radius 2 is 2.06 bits per heavy atom. The summed E-state index contributed by atoms with van der Waals surface area (Å²) in [5.41, 5.74) is 5.90. The van der Waals surface area contributed by atoms with Gasteiger partial charge in [-0.25, -0.2) is 0 Å². The summed E-state index contributed by atoms with van der Waals surface area (Å²) in [5.74, 6) is 0.864. The molecule has 0 heterocycles. The molecular formula is C14H28N2O. The largest absolute Gasteiger partial charge is 0.354 e. The Morgan fingerprint density at radius 3 is 2.47 bits per heavy atom. The first kappa shape index (κ1) is 14.5. The summed E-state index contributed by atoms with van der Waals surface area (Å²) in [6.07, 6.45) is 6.33. The maximum atomic E-state index is 11.9. The molecular weight excluding hydrogens is 212 g/mol. The summed E-state index contributed by atoms with van der Waals surface area (Å²) in [7, 11) is 0. The Kier molecular flexibility index (Phi) is 5.44. The van der Waals surface area contributed by atoms with E-state index >= 15 is 0 Å². The predicted octanol–water partition coefficient (Wildman–Crippen LogP) is 2.45. The third kappa shape index (κ3) is 4.30. The van der Waals surface area contributed by atoms with E-state index in [2.05, 4.69) is 26.1 Å². The summed E-state index contributed by atoms with van der Waals surface area (Å²) in [6.45, 7) is 7.17. The molecule has 2 unspecified atom stereocenters. The Hall–Kier alpha value is -0.570. The van der Waals surface area contributed by atoms with Crippen molar-refractivity contribution >= 4 is 5.91 Å². The van der Waals surface area contributed by atoms with Crippen LogP contribution in [0.3, 0.4) is 0 Å². The summed E-state index contributed by atoms with van der Waals surface area (Å²) in [6, 6.07) is 0.285. The van der Waals surface area contributed by atoms with Gasteiger partial charge in [-0.1, -0.05) is 26.7 Å². The van der Waals surface area contributed by atoms with E-state index < -0.39 is 0 Å². The van der Waals surface area contributed by atoms with E-state index in [1.807, 2.05) is 0 Å². The third-order valence-electron chi connectivity index (χ3n) is 4.24. The highest BCUT2D eigenvalue weighted by Crippen LogP contribution is 2.42. The lowest BCUT2D eigenvalue weighted by molar-refractivity contribution is -0.125. The molecule has 1 amide bonds. The van der Waals surface area contributed by atoms with Crippen molar-refractivity contribution in [2.45, 2.75) is 65.3 Å². The Labute approximate surface area is 106 Å². The van der Waals surface area contributed by atoms with E-state index in [1.165, 1.54) is 12.8 Å². The smallest absolute Gasteiger partial charge is 0.220 e. The van der Waals surface area contributed by atoms with Crippen LogP contribution in [0.1, 0.15) is 59.3 Å². The summed E-state index contributed by atoms with van der Waals surface area (Å²) in [4.78, 5) is 11.9. The van der Waals surface area contributed by atoms with Crippen LogP contribution in [0, 0.1) is 11.3 Å². The number of amides is 1. The van der Waals surface area contributed by atoms with E-state index in [9.17, 15) is 4.79 Å². The maximum absolute atomic E-state index is 11.9. The fourth-order valence-corrected chi connectivity index (χ4v) is 2.63. The van der Waals surface area contributed by atoms with Crippen LogP contribution in [0.5, 0.6) is 0 Å². The van der Waals surface area contributed by atoms with Crippen molar-refractivity contribution in [3.8, 4) is 0 Å². The van der Waals surface area contributed by atoms with Gasteiger partial charge in [-0.2, -0.15) is 0 Å². The van der Waals surface area contributed by atoms with Crippen LogP contribution in [0.2, 0.25) is 0 Å². The van der Waals surface area contributed by atoms with Crippen LogP contribution in [-0.4, -0.2) is 18.5 Å². The van der Waals surface area contributed by atoms with E-state index in [1.54, 1.807) is 0 Å². The van der Waals surface area contributed by atoms with Gasteiger partial charge >= 0.3 is 0 Å². The van der Waals surface area contributed by atoms with E-state index in [0.29, 0.717) is 18.9 Å². The van der Waals surface area contributed by atoms with Crippen LogP contribution >= 0.6 is 0 Å². The summed E-state index contributed by atoms with van der Waals surface area (Å²) < 4.78 is 0. The third-order valence-corrected chi connectivity index (χ3v) is 4.24. The average Bonchev–Trinajstić information content (AvgIpc) is 2.23. The van der Waals surface area contributed by atoms with Gasteiger partial charge in [0, 0.05) is 12.5 Å². The molecule has 0 radical (unpaired) electrons. The molecule has 0 spiro atoms. The van der Waals surface area contributed by atoms with Crippen molar-refractivity contribution in [3.63, 3.8) is 0 Å². The van der Waals surface area contributed by atoms with Crippen molar-refractivity contribution in [2.24, 2.45) is 17.1 Å². The second-order valence-electron chi connectivity index (χ2n) is 5.95. The molecule has 2 atom stereocenters. The Balaban J connectivity index is 2.29. The molecule has 0 aromatic carbocycles. The minimum absolute atomic E-state index is 0.125. The molecule has 100 valence electrons. The van der Waals surface area contributed by atoms with Crippen LogP contribution in [0.25, 0.3) is 0 Å². The van der Waals surface area contributed by atoms with Crippen molar-refractivity contribution in [1.29, 1.82) is 0 Å². The number of carbonyl (C=O) groups is 1. The second-order valence-corrected chi connectivity index (χ2v) is 5.95. The van der Waals surface area contributed by atoms with Gasteiger partial charge in [0.25, 0.3) is 0 Å². The van der Waals surface area contributed by atoms with Gasteiger partial charge in [0.1, 0.15) is 0 Å². The second kappa shape index (κ2) is 6.39. The number of hydrogen-bond acceptors (Lipinski definition) is 2. The molecule has 1 aliphatic carbocycles. The van der Waals surface area contributed by atoms with Crippen LogP contribution in [0.15, 0.2) is 0 Å². The summed E-state index contributed by atoms with van der Waals surface area (Å²) >= 11 is 0. The molecule has 0 aromatic heterocycles. The lowest BCUT2D eigenvalue weighted by Crippen LogP contribution is -2.43. The van der Waals surface area contributed by atoms with E-state index in [0.717, 1.165) is 19.3 Å². The lowest BCUT2D eigenvalue weighted by Gasteiger charge is -2.40. The van der Waals surface area contributed by atoms with Crippen molar-refractivity contribution < 1.29 is 4.79 Å². The predicted molar refractivity (Wildman–Crippen MR) is 71.6 cm³/mol. The van der Waals surface area contributed by atoms with Crippen LogP contribution in [-0.2, 0) is 4.79 Å². The zero-order valence-electron chi connectivity index (χ0n) is 11.6. The molecule has 1 saturated carbocycles. The Morgan fingerprint density at radius 1 is 1.41 bits per heavy atom. The van der Waals surface area contributed by atoms with Crippen molar-refractivity contribution in [1.82, 2.24) is 5.32 Å². The van der Waals surface area contributed by atoms with Gasteiger partial charge in [-0.3, -0.25) is 4.79 Å². The normalized spacial score (nSPS) is 21.4. The van der Waals surface area contributed by atoms with Gasteiger partial charge in [-0.15, -0.1) is 0 Å². The van der Waals surface area contributed by atoms with Crippen LogP contribution in [0.4, 0.5) is 0 Å². The summed E-state index contributed by atoms with van der Waals surface area (Å²) in [5, 5.41) is 3.11. The highest BCUT2D eigenvalue weighted by atomic mass is 16.1. The molecule has 0 saturated heterocycles. The average molecular weight is 240 g/mol. The lowest BCUT2D eigenvalue weighted by atomic mass is 9.66. The van der Waals surface area contributed by atoms with Gasteiger partial charge < -0.3 is 11.1 Å². The minimum atomic E-state index is 0.125. The van der Waals surface area contributed by atoms with E-state index in [-0.39, 0.29) is 17.4 Å². The Bertz CT molecular complexity index is 243. The number of rotatable bonds is 7. The highest BCUT2D eigenvalue weighted by molar-refractivity contribution is 5.77.